The van der Waals surface area contributed by atoms with E-state index < -0.39 is 17.7 Å². The molecule has 1 aromatic rings. The summed E-state index contributed by atoms with van der Waals surface area (Å²) in [5.74, 6) is -0.905. The van der Waals surface area contributed by atoms with Crippen LogP contribution in [0.2, 0.25) is 0 Å². The maximum atomic E-state index is 13.0. The first-order chi connectivity index (χ1) is 10.8. The number of ether oxygens (including phenoxy) is 1. The van der Waals surface area contributed by atoms with Crippen molar-refractivity contribution in [2.24, 2.45) is 4.99 Å². The lowest BCUT2D eigenvalue weighted by Crippen LogP contribution is -2.45. The first-order valence-corrected chi connectivity index (χ1v) is 7.48. The number of rotatable bonds is 3. The number of aliphatic hydroxyl groups is 1. The van der Waals surface area contributed by atoms with E-state index in [0.29, 0.717) is 5.75 Å². The molecule has 0 spiro atoms. The van der Waals surface area contributed by atoms with Crippen molar-refractivity contribution in [2.75, 3.05) is 13.4 Å². The van der Waals surface area contributed by atoms with Gasteiger partial charge in [0.25, 0.3) is 0 Å². The third-order valence-electron chi connectivity index (χ3n) is 3.16. The monoisotopic (exact) mass is 343 g/mol. The van der Waals surface area contributed by atoms with Crippen LogP contribution in [0.4, 0.5) is 13.2 Å². The number of thioether (sulfide) groups is 1. The minimum atomic E-state index is -4.79. The average Bonchev–Trinajstić information content (AvgIpc) is 2.53. The Morgan fingerprint density at radius 1 is 1.35 bits per heavy atom. The van der Waals surface area contributed by atoms with Gasteiger partial charge in [-0.1, -0.05) is 12.1 Å². The molecule has 0 unspecified atom stereocenters. The third kappa shape index (κ3) is 3.13. The van der Waals surface area contributed by atoms with E-state index in [-0.39, 0.29) is 16.2 Å². The van der Waals surface area contributed by atoms with Crippen LogP contribution in [0, 0.1) is 11.3 Å². The second kappa shape index (κ2) is 6.14. The summed E-state index contributed by atoms with van der Waals surface area (Å²) in [6.07, 6.45) is -3.30. The van der Waals surface area contributed by atoms with E-state index in [0.717, 1.165) is 11.8 Å². The Morgan fingerprint density at radius 2 is 1.96 bits per heavy atom. The molecule has 1 aliphatic heterocycles. The van der Waals surface area contributed by atoms with Crippen molar-refractivity contribution in [3.63, 3.8) is 0 Å². The summed E-state index contributed by atoms with van der Waals surface area (Å²) in [5.41, 5.74) is -2.69. The summed E-state index contributed by atoms with van der Waals surface area (Å²) in [4.78, 5) is 3.36. The zero-order chi connectivity index (χ0) is 17.3. The van der Waals surface area contributed by atoms with Gasteiger partial charge in [-0.2, -0.15) is 18.4 Å². The molecule has 122 valence electrons. The molecule has 0 radical (unpaired) electrons. The number of aliphatic imine (C=N–C) groups is 1. The number of methoxy groups -OCH3 is 1. The molecule has 0 saturated carbocycles. The van der Waals surface area contributed by atoms with Gasteiger partial charge in [0.2, 0.25) is 11.6 Å². The summed E-state index contributed by atoms with van der Waals surface area (Å²) in [6, 6.07) is 7.38. The number of benzene rings is 1. The Morgan fingerprint density at radius 3 is 2.39 bits per heavy atom. The molecule has 1 atom stereocenters. The fraction of sp³-hybridized carbons (Fsp3) is 0.286. The molecule has 0 saturated heterocycles. The molecule has 0 amide bonds. The smallest absolute Gasteiger partial charge is 0.449 e. The molecule has 1 aromatic carbocycles. The predicted molar refractivity (Wildman–Crippen MR) is 79.7 cm³/mol. The number of halogens is 3. The van der Waals surface area contributed by atoms with Gasteiger partial charge in [0.1, 0.15) is 17.4 Å². The first-order valence-electron chi connectivity index (χ1n) is 6.26. The van der Waals surface area contributed by atoms with E-state index in [1.165, 1.54) is 37.6 Å². The van der Waals surface area contributed by atoms with Crippen LogP contribution in [0.1, 0.15) is 5.56 Å². The van der Waals surface area contributed by atoms with Crippen molar-refractivity contribution in [3.8, 4) is 11.8 Å². The molecule has 2 N–H and O–H groups in total. The van der Waals surface area contributed by atoms with Crippen LogP contribution in [0.15, 0.2) is 39.9 Å². The fourth-order valence-electron chi connectivity index (χ4n) is 2.02. The van der Waals surface area contributed by atoms with Gasteiger partial charge in [0.05, 0.1) is 12.1 Å². The molecule has 0 aromatic heterocycles. The third-order valence-corrected chi connectivity index (χ3v) is 3.87. The molecule has 2 rings (SSSR count). The van der Waals surface area contributed by atoms with Gasteiger partial charge >= 0.3 is 6.18 Å². The van der Waals surface area contributed by atoms with Crippen molar-refractivity contribution in [2.45, 2.75) is 11.9 Å². The molecule has 0 bridgehead atoms. The molecule has 0 aliphatic carbocycles. The molecular formula is C14H12F3N3O2S. The lowest BCUT2D eigenvalue weighted by Gasteiger charge is -2.31. The summed E-state index contributed by atoms with van der Waals surface area (Å²) in [7, 11) is 1.43. The van der Waals surface area contributed by atoms with Crippen LogP contribution in [-0.2, 0) is 5.72 Å². The van der Waals surface area contributed by atoms with E-state index in [1.54, 1.807) is 6.07 Å². The lowest BCUT2D eigenvalue weighted by atomic mass is 9.94. The molecule has 1 aliphatic rings. The number of alkyl halides is 3. The molecule has 9 heteroatoms. The van der Waals surface area contributed by atoms with Gasteiger partial charge in [-0.15, -0.1) is 11.8 Å². The van der Waals surface area contributed by atoms with Crippen molar-refractivity contribution < 1.29 is 23.0 Å². The normalized spacial score (nSPS) is 21.3. The predicted octanol–water partition coefficient (Wildman–Crippen LogP) is 2.50. The number of amidine groups is 1. The summed E-state index contributed by atoms with van der Waals surface area (Å²) in [5, 5.41) is 22.0. The Labute approximate surface area is 134 Å². The van der Waals surface area contributed by atoms with E-state index in [9.17, 15) is 23.5 Å². The summed E-state index contributed by atoms with van der Waals surface area (Å²) in [6.45, 7) is 0. The van der Waals surface area contributed by atoms with Crippen molar-refractivity contribution in [1.29, 1.82) is 5.26 Å². The minimum Gasteiger partial charge on any atom is -0.497 e. The highest BCUT2D eigenvalue weighted by molar-refractivity contribution is 8.02. The minimum absolute atomic E-state index is 0.0321. The lowest BCUT2D eigenvalue weighted by molar-refractivity contribution is -0.0644. The van der Waals surface area contributed by atoms with E-state index >= 15 is 0 Å². The van der Waals surface area contributed by atoms with Crippen LogP contribution in [-0.4, -0.2) is 30.5 Å². The fourth-order valence-corrected chi connectivity index (χ4v) is 2.61. The Hall–Kier alpha value is -2.18. The maximum absolute atomic E-state index is 13.0. The Bertz CT molecular complexity index is 707. The van der Waals surface area contributed by atoms with Gasteiger partial charge in [-0.3, -0.25) is 0 Å². The van der Waals surface area contributed by atoms with E-state index in [1.807, 2.05) is 0 Å². The topological polar surface area (TPSA) is 77.6 Å². The summed E-state index contributed by atoms with van der Waals surface area (Å²) >= 11 is 0.883. The number of nitrogens with one attached hydrogen (secondary N) is 1. The van der Waals surface area contributed by atoms with Crippen molar-refractivity contribution >= 4 is 17.6 Å². The van der Waals surface area contributed by atoms with Crippen LogP contribution in [0.3, 0.4) is 0 Å². The number of nitrogens with zero attached hydrogens (tertiary/aromatic N) is 2. The van der Waals surface area contributed by atoms with Gasteiger partial charge in [-0.25, -0.2) is 4.99 Å². The molecule has 23 heavy (non-hydrogen) atoms. The standard InChI is InChI=1S/C14H12F3N3O2S/c1-22-9-5-3-8(4-6-9)13(21)10(7-18)11(23-2)19-12(20-13)14(15,16)17/h3-6,21H,1-2H3,(H,19,20)/t13-/m1/s1. The second-order valence-electron chi connectivity index (χ2n) is 4.50. The van der Waals surface area contributed by atoms with Gasteiger partial charge in [-0.05, 0) is 18.4 Å². The van der Waals surface area contributed by atoms with Crippen LogP contribution >= 0.6 is 11.8 Å². The van der Waals surface area contributed by atoms with Crippen molar-refractivity contribution in [1.82, 2.24) is 5.32 Å². The highest BCUT2D eigenvalue weighted by atomic mass is 32.2. The molecule has 1 heterocycles. The zero-order valence-corrected chi connectivity index (χ0v) is 12.9. The van der Waals surface area contributed by atoms with Crippen LogP contribution in [0.25, 0.3) is 0 Å². The van der Waals surface area contributed by atoms with Crippen LogP contribution < -0.4 is 10.1 Å². The zero-order valence-electron chi connectivity index (χ0n) is 12.1. The van der Waals surface area contributed by atoms with Crippen molar-refractivity contribution in [3.05, 3.63) is 40.4 Å². The molecule has 0 fully saturated rings. The van der Waals surface area contributed by atoms with Gasteiger partial charge in [0, 0.05) is 5.56 Å². The molecule has 5 nitrogen and oxygen atoms in total. The quantitative estimate of drug-likeness (QED) is 0.882. The van der Waals surface area contributed by atoms with Gasteiger partial charge in [0.15, 0.2) is 0 Å². The second-order valence-corrected chi connectivity index (χ2v) is 5.32. The van der Waals surface area contributed by atoms with Crippen LogP contribution in [0.5, 0.6) is 5.75 Å². The number of nitriles is 1. The Kier molecular flexibility index (Phi) is 4.58. The van der Waals surface area contributed by atoms with E-state index in [2.05, 4.69) is 10.3 Å². The number of hydrogen-bond acceptors (Lipinski definition) is 6. The number of hydrogen-bond donors (Lipinski definition) is 2. The SMILES string of the molecule is COc1ccc([C@]2(O)N=C(C(F)(F)F)NC(SC)=C2C#N)cc1. The maximum Gasteiger partial charge on any atom is 0.449 e. The summed E-state index contributed by atoms with van der Waals surface area (Å²) < 4.78 is 44.0. The highest BCUT2D eigenvalue weighted by Gasteiger charge is 2.47. The highest BCUT2D eigenvalue weighted by Crippen LogP contribution is 2.39. The van der Waals surface area contributed by atoms with E-state index in [4.69, 9.17) is 4.74 Å². The van der Waals surface area contributed by atoms with Gasteiger partial charge < -0.3 is 15.2 Å². The molecular weight excluding hydrogens is 331 g/mol. The first kappa shape index (κ1) is 17.2. The average molecular weight is 343 g/mol. The largest absolute Gasteiger partial charge is 0.497 e. The Balaban J connectivity index is 2.64.